The van der Waals surface area contributed by atoms with Crippen molar-refractivity contribution in [3.05, 3.63) is 33.8 Å². The molecule has 0 aromatic heterocycles. The molecule has 0 saturated carbocycles. The van der Waals surface area contributed by atoms with Gasteiger partial charge >= 0.3 is 0 Å². The minimum absolute atomic E-state index is 0.113. The van der Waals surface area contributed by atoms with Crippen molar-refractivity contribution < 1.29 is 19.0 Å². The number of aliphatic hydroxyl groups is 2. The summed E-state index contributed by atoms with van der Waals surface area (Å²) >= 11 is 2.91. The largest absolute Gasteiger partial charge is 0.396 e. The molecule has 0 aliphatic heterocycles. The van der Waals surface area contributed by atoms with Gasteiger partial charge in [-0.3, -0.25) is 0 Å². The molecule has 1 unspecified atom stereocenters. The van der Waals surface area contributed by atoms with E-state index in [1.807, 2.05) is 0 Å². The maximum Gasteiger partial charge on any atom is 0.146 e. The number of aliphatic hydroxyl groups excluding tert-OH is 2. The number of rotatable bonds is 4. The Morgan fingerprint density at radius 3 is 2.60 bits per heavy atom. The van der Waals surface area contributed by atoms with E-state index >= 15 is 0 Å². The van der Waals surface area contributed by atoms with Crippen LogP contribution in [0.1, 0.15) is 24.5 Å². The van der Waals surface area contributed by atoms with Crippen LogP contribution < -0.4 is 0 Å². The second-order valence-electron chi connectivity index (χ2n) is 3.14. The molecule has 1 aromatic rings. The molecule has 0 radical (unpaired) electrons. The summed E-state index contributed by atoms with van der Waals surface area (Å²) in [4.78, 5) is 0. The Bertz CT molecular complexity index is 344. The van der Waals surface area contributed by atoms with Crippen LogP contribution in [0.4, 0.5) is 8.78 Å². The summed E-state index contributed by atoms with van der Waals surface area (Å²) in [5.74, 6) is -1.57. The fraction of sp³-hybridized carbons (Fsp3) is 0.400. The zero-order chi connectivity index (χ0) is 11.4. The maximum absolute atomic E-state index is 13.4. The quantitative estimate of drug-likeness (QED) is 0.833. The van der Waals surface area contributed by atoms with Crippen LogP contribution in [-0.4, -0.2) is 16.8 Å². The predicted octanol–water partition coefficient (Wildman–Crippen LogP) is 2.53. The van der Waals surface area contributed by atoms with E-state index in [-0.39, 0.29) is 23.1 Å². The Morgan fingerprint density at radius 2 is 2.00 bits per heavy atom. The lowest BCUT2D eigenvalue weighted by Crippen LogP contribution is -2.05. The first-order chi connectivity index (χ1) is 7.07. The molecule has 2 N–H and O–H groups in total. The van der Waals surface area contributed by atoms with Crippen LogP contribution in [0.3, 0.4) is 0 Å². The number of halogens is 3. The minimum atomic E-state index is -1.23. The zero-order valence-corrected chi connectivity index (χ0v) is 9.47. The number of hydrogen-bond acceptors (Lipinski definition) is 2. The average molecular weight is 281 g/mol. The van der Waals surface area contributed by atoms with Gasteiger partial charge < -0.3 is 10.2 Å². The van der Waals surface area contributed by atoms with Crippen molar-refractivity contribution in [3.8, 4) is 0 Å². The molecule has 1 rings (SSSR count). The third kappa shape index (κ3) is 2.96. The smallest absolute Gasteiger partial charge is 0.146 e. The Morgan fingerprint density at radius 1 is 1.33 bits per heavy atom. The van der Waals surface area contributed by atoms with Gasteiger partial charge in [0, 0.05) is 6.61 Å². The first kappa shape index (κ1) is 12.5. The molecule has 0 amide bonds. The van der Waals surface area contributed by atoms with E-state index in [9.17, 15) is 13.9 Å². The summed E-state index contributed by atoms with van der Waals surface area (Å²) in [6.07, 6.45) is -0.803. The van der Waals surface area contributed by atoms with Gasteiger partial charge in [0.2, 0.25) is 0 Å². The molecule has 0 saturated heterocycles. The Hall–Kier alpha value is -0.520. The van der Waals surface area contributed by atoms with Gasteiger partial charge in [0.05, 0.1) is 16.1 Å². The van der Waals surface area contributed by atoms with Crippen molar-refractivity contribution in [2.24, 2.45) is 0 Å². The van der Waals surface area contributed by atoms with Gasteiger partial charge in [-0.05, 0) is 40.9 Å². The van der Waals surface area contributed by atoms with Crippen molar-refractivity contribution >= 4 is 15.9 Å². The molecule has 5 heteroatoms. The zero-order valence-electron chi connectivity index (χ0n) is 7.88. The first-order valence-electron chi connectivity index (χ1n) is 4.50. The molecule has 0 fully saturated rings. The highest BCUT2D eigenvalue weighted by Crippen LogP contribution is 2.28. The van der Waals surface area contributed by atoms with Crippen molar-refractivity contribution in [1.82, 2.24) is 0 Å². The van der Waals surface area contributed by atoms with Gasteiger partial charge in [0.1, 0.15) is 11.6 Å². The first-order valence-corrected chi connectivity index (χ1v) is 5.29. The van der Waals surface area contributed by atoms with E-state index < -0.39 is 17.7 Å². The van der Waals surface area contributed by atoms with Gasteiger partial charge in [-0.15, -0.1) is 0 Å². The summed E-state index contributed by atoms with van der Waals surface area (Å²) in [5.41, 5.74) is -0.349. The molecule has 0 aliphatic rings. The van der Waals surface area contributed by atoms with Gasteiger partial charge in [0.25, 0.3) is 0 Å². The van der Waals surface area contributed by atoms with Crippen molar-refractivity contribution in [1.29, 1.82) is 0 Å². The normalized spacial score (nSPS) is 12.9. The molecule has 84 valence electrons. The third-order valence-electron chi connectivity index (χ3n) is 2.05. The predicted molar refractivity (Wildman–Crippen MR) is 55.3 cm³/mol. The average Bonchev–Trinajstić information content (AvgIpc) is 2.21. The van der Waals surface area contributed by atoms with E-state index in [1.54, 1.807) is 0 Å². The van der Waals surface area contributed by atoms with E-state index in [0.29, 0.717) is 6.42 Å². The summed E-state index contributed by atoms with van der Waals surface area (Å²) in [6.45, 7) is -0.117. The molecule has 1 aromatic carbocycles. The molecular weight excluding hydrogens is 270 g/mol. The number of benzene rings is 1. The molecule has 15 heavy (non-hydrogen) atoms. The maximum atomic E-state index is 13.4. The highest BCUT2D eigenvalue weighted by molar-refractivity contribution is 9.10. The van der Waals surface area contributed by atoms with E-state index in [2.05, 4.69) is 15.9 Å². The van der Waals surface area contributed by atoms with Crippen LogP contribution in [0.2, 0.25) is 0 Å². The van der Waals surface area contributed by atoms with Crippen molar-refractivity contribution in [3.63, 3.8) is 0 Å². The molecule has 0 bridgehead atoms. The van der Waals surface area contributed by atoms with Crippen LogP contribution in [-0.2, 0) is 0 Å². The highest BCUT2D eigenvalue weighted by atomic mass is 79.9. The molecule has 0 spiro atoms. The Balaban J connectivity index is 2.96. The van der Waals surface area contributed by atoms with E-state index in [1.165, 1.54) is 6.07 Å². The summed E-state index contributed by atoms with van der Waals surface area (Å²) in [5, 5.41) is 18.1. The Labute approximate surface area is 94.7 Å². The summed E-state index contributed by atoms with van der Waals surface area (Å²) < 4.78 is 26.8. The van der Waals surface area contributed by atoms with Gasteiger partial charge in [-0.2, -0.15) is 0 Å². The molecule has 1 atom stereocenters. The SMILES string of the molecule is OCCCC(O)c1c(F)ccc(Br)c1F. The molecule has 2 nitrogen and oxygen atoms in total. The number of hydrogen-bond donors (Lipinski definition) is 2. The monoisotopic (exact) mass is 280 g/mol. The molecule has 0 aliphatic carbocycles. The summed E-state index contributed by atoms with van der Waals surface area (Å²) in [7, 11) is 0. The fourth-order valence-electron chi connectivity index (χ4n) is 1.28. The lowest BCUT2D eigenvalue weighted by atomic mass is 10.0. The van der Waals surface area contributed by atoms with E-state index in [0.717, 1.165) is 6.07 Å². The fourth-order valence-corrected chi connectivity index (χ4v) is 1.62. The van der Waals surface area contributed by atoms with Crippen LogP contribution in [0.5, 0.6) is 0 Å². The van der Waals surface area contributed by atoms with Crippen LogP contribution >= 0.6 is 15.9 Å². The standard InChI is InChI=1S/C10H11BrF2O2/c11-6-3-4-7(12)9(10(6)13)8(15)2-1-5-14/h3-4,8,14-15H,1-2,5H2. The molecule has 0 heterocycles. The van der Waals surface area contributed by atoms with Gasteiger partial charge in [-0.25, -0.2) is 8.78 Å². The van der Waals surface area contributed by atoms with Crippen molar-refractivity contribution in [2.75, 3.05) is 6.61 Å². The van der Waals surface area contributed by atoms with Crippen LogP contribution in [0.15, 0.2) is 16.6 Å². The van der Waals surface area contributed by atoms with Gasteiger partial charge in [0.15, 0.2) is 0 Å². The Kier molecular flexibility index (Phi) is 4.63. The molecular formula is C10H11BrF2O2. The topological polar surface area (TPSA) is 40.5 Å². The lowest BCUT2D eigenvalue weighted by molar-refractivity contribution is 0.143. The van der Waals surface area contributed by atoms with Gasteiger partial charge in [-0.1, -0.05) is 0 Å². The highest BCUT2D eigenvalue weighted by Gasteiger charge is 2.19. The van der Waals surface area contributed by atoms with Crippen molar-refractivity contribution in [2.45, 2.75) is 18.9 Å². The second kappa shape index (κ2) is 5.53. The van der Waals surface area contributed by atoms with Crippen LogP contribution in [0.25, 0.3) is 0 Å². The minimum Gasteiger partial charge on any atom is -0.396 e. The third-order valence-corrected chi connectivity index (χ3v) is 2.66. The van der Waals surface area contributed by atoms with Crippen LogP contribution in [0, 0.1) is 11.6 Å². The van der Waals surface area contributed by atoms with E-state index in [4.69, 9.17) is 5.11 Å². The lowest BCUT2D eigenvalue weighted by Gasteiger charge is -2.12. The summed E-state index contributed by atoms with van der Waals surface area (Å²) in [6, 6.07) is 2.33. The second-order valence-corrected chi connectivity index (χ2v) is 3.99.